The van der Waals surface area contributed by atoms with Gasteiger partial charge in [-0.2, -0.15) is 0 Å². The van der Waals surface area contributed by atoms with E-state index >= 15 is 0 Å². The minimum atomic E-state index is -0.716. The molecule has 2 heteroatoms. The molecule has 4 aliphatic rings. The Labute approximate surface area is 103 Å². The monoisotopic (exact) mass is 234 g/mol. The summed E-state index contributed by atoms with van der Waals surface area (Å²) in [5.74, 6) is 4.15. The van der Waals surface area contributed by atoms with Gasteiger partial charge in [0, 0.05) is 0 Å². The maximum atomic E-state index is 10.4. The number of rotatable bonds is 4. The zero-order valence-electron chi connectivity index (χ0n) is 10.3. The second-order valence-corrected chi connectivity index (χ2v) is 6.40. The first-order valence-corrected chi connectivity index (χ1v) is 7.09. The average Bonchev–Trinajstić information content (AvgIpc) is 2.25. The van der Waals surface area contributed by atoms with Crippen molar-refractivity contribution in [3.05, 3.63) is 12.2 Å². The number of carbonyl (C=O) groups is 1. The summed E-state index contributed by atoms with van der Waals surface area (Å²) in [4.78, 5) is 10.4. The standard InChI is InChI=1S/C15H22O2/c16-15(17)4-2-1-3-14-12-6-10-5-11(8-12)9-13(14)7-10/h1-2,10-14H,3-9H2,(H,16,17)/b2-1+. The molecule has 0 spiro atoms. The molecule has 0 unspecified atom stereocenters. The number of carboxylic acid groups (broad SMARTS) is 1. The molecule has 0 aromatic carbocycles. The highest BCUT2D eigenvalue weighted by atomic mass is 16.4. The van der Waals surface area contributed by atoms with Crippen molar-refractivity contribution in [2.45, 2.75) is 44.9 Å². The van der Waals surface area contributed by atoms with Crippen molar-refractivity contribution in [3.63, 3.8) is 0 Å². The largest absolute Gasteiger partial charge is 0.481 e. The summed E-state index contributed by atoms with van der Waals surface area (Å²) in [6.45, 7) is 0. The minimum absolute atomic E-state index is 0.188. The Balaban J connectivity index is 1.57. The van der Waals surface area contributed by atoms with Crippen LogP contribution in [0, 0.1) is 29.6 Å². The molecule has 4 fully saturated rings. The van der Waals surface area contributed by atoms with Crippen LogP contribution in [-0.2, 0) is 4.79 Å². The van der Waals surface area contributed by atoms with Crippen molar-refractivity contribution in [2.24, 2.45) is 29.6 Å². The van der Waals surface area contributed by atoms with Crippen molar-refractivity contribution in [2.75, 3.05) is 0 Å². The molecule has 17 heavy (non-hydrogen) atoms. The fraction of sp³-hybridized carbons (Fsp3) is 0.800. The summed E-state index contributed by atoms with van der Waals surface area (Å²) in [5.41, 5.74) is 0. The Kier molecular flexibility index (Phi) is 2.97. The molecule has 0 aliphatic heterocycles. The van der Waals surface area contributed by atoms with Gasteiger partial charge in [0.1, 0.15) is 0 Å². The normalized spacial score (nSPS) is 43.4. The lowest BCUT2D eigenvalue weighted by Gasteiger charge is -2.54. The van der Waals surface area contributed by atoms with Crippen LogP contribution in [0.15, 0.2) is 12.2 Å². The highest BCUT2D eigenvalue weighted by Crippen LogP contribution is 2.57. The van der Waals surface area contributed by atoms with Crippen molar-refractivity contribution < 1.29 is 9.90 Å². The predicted octanol–water partition coefficient (Wildman–Crippen LogP) is 3.48. The van der Waals surface area contributed by atoms with E-state index in [1.165, 1.54) is 32.1 Å². The zero-order valence-corrected chi connectivity index (χ0v) is 10.3. The van der Waals surface area contributed by atoms with Crippen molar-refractivity contribution in [1.82, 2.24) is 0 Å². The molecule has 4 rings (SSSR count). The third-order valence-electron chi connectivity index (χ3n) is 5.29. The van der Waals surface area contributed by atoms with Crippen LogP contribution in [0.5, 0.6) is 0 Å². The fourth-order valence-electron chi connectivity index (χ4n) is 4.86. The van der Waals surface area contributed by atoms with E-state index in [9.17, 15) is 4.79 Å². The van der Waals surface area contributed by atoms with E-state index < -0.39 is 5.97 Å². The van der Waals surface area contributed by atoms with Crippen LogP contribution in [0.25, 0.3) is 0 Å². The molecule has 0 atom stereocenters. The van der Waals surface area contributed by atoms with Gasteiger partial charge in [-0.3, -0.25) is 4.79 Å². The van der Waals surface area contributed by atoms with Crippen LogP contribution in [0.3, 0.4) is 0 Å². The van der Waals surface area contributed by atoms with Gasteiger partial charge in [0.25, 0.3) is 0 Å². The van der Waals surface area contributed by atoms with Gasteiger partial charge in [-0.05, 0) is 68.1 Å². The van der Waals surface area contributed by atoms with Crippen molar-refractivity contribution in [3.8, 4) is 0 Å². The second-order valence-electron chi connectivity index (χ2n) is 6.40. The van der Waals surface area contributed by atoms with E-state index in [0.29, 0.717) is 0 Å². The quantitative estimate of drug-likeness (QED) is 0.756. The summed E-state index contributed by atoms with van der Waals surface area (Å²) >= 11 is 0. The molecule has 0 saturated heterocycles. The lowest BCUT2D eigenvalue weighted by Crippen LogP contribution is -2.44. The minimum Gasteiger partial charge on any atom is -0.481 e. The highest BCUT2D eigenvalue weighted by molar-refractivity contribution is 5.68. The van der Waals surface area contributed by atoms with Gasteiger partial charge in [0.05, 0.1) is 6.42 Å². The molecule has 4 aliphatic carbocycles. The van der Waals surface area contributed by atoms with Crippen LogP contribution in [0.1, 0.15) is 44.9 Å². The van der Waals surface area contributed by atoms with Crippen LogP contribution < -0.4 is 0 Å². The summed E-state index contributed by atoms with van der Waals surface area (Å²) in [5, 5.41) is 8.60. The van der Waals surface area contributed by atoms with Gasteiger partial charge in [0.2, 0.25) is 0 Å². The number of carboxylic acids is 1. The summed E-state index contributed by atoms with van der Waals surface area (Å²) in [6, 6.07) is 0. The molecule has 0 aromatic rings. The Bertz CT molecular complexity index is 304. The van der Waals surface area contributed by atoms with Crippen LogP contribution in [-0.4, -0.2) is 11.1 Å². The van der Waals surface area contributed by atoms with E-state index in [1.807, 2.05) is 6.08 Å². The lowest BCUT2D eigenvalue weighted by atomic mass is 9.51. The van der Waals surface area contributed by atoms with E-state index in [4.69, 9.17) is 5.11 Å². The summed E-state index contributed by atoms with van der Waals surface area (Å²) < 4.78 is 0. The van der Waals surface area contributed by atoms with Gasteiger partial charge in [-0.15, -0.1) is 0 Å². The van der Waals surface area contributed by atoms with E-state index in [2.05, 4.69) is 6.08 Å². The zero-order chi connectivity index (χ0) is 11.8. The Morgan fingerprint density at radius 1 is 1.00 bits per heavy atom. The molecule has 0 heterocycles. The third kappa shape index (κ3) is 2.27. The maximum absolute atomic E-state index is 10.4. The molecule has 94 valence electrons. The topological polar surface area (TPSA) is 37.3 Å². The fourth-order valence-corrected chi connectivity index (χ4v) is 4.86. The summed E-state index contributed by atoms with van der Waals surface area (Å²) in [6.07, 6.45) is 12.6. The van der Waals surface area contributed by atoms with Gasteiger partial charge in [0.15, 0.2) is 0 Å². The Morgan fingerprint density at radius 2 is 1.59 bits per heavy atom. The molecular weight excluding hydrogens is 212 g/mol. The van der Waals surface area contributed by atoms with Gasteiger partial charge >= 0.3 is 5.97 Å². The average molecular weight is 234 g/mol. The number of hydrogen-bond acceptors (Lipinski definition) is 1. The van der Waals surface area contributed by atoms with Gasteiger partial charge in [-0.25, -0.2) is 0 Å². The van der Waals surface area contributed by atoms with Crippen molar-refractivity contribution in [1.29, 1.82) is 0 Å². The van der Waals surface area contributed by atoms with Gasteiger partial charge < -0.3 is 5.11 Å². The Hall–Kier alpha value is -0.790. The van der Waals surface area contributed by atoms with Crippen LogP contribution in [0.4, 0.5) is 0 Å². The van der Waals surface area contributed by atoms with Crippen LogP contribution >= 0.6 is 0 Å². The molecule has 4 saturated carbocycles. The first-order valence-electron chi connectivity index (χ1n) is 7.09. The number of hydrogen-bond donors (Lipinski definition) is 1. The van der Waals surface area contributed by atoms with Crippen molar-refractivity contribution >= 4 is 5.97 Å². The number of allylic oxidation sites excluding steroid dienone is 1. The maximum Gasteiger partial charge on any atom is 0.307 e. The Morgan fingerprint density at radius 3 is 2.12 bits per heavy atom. The summed E-state index contributed by atoms with van der Waals surface area (Å²) in [7, 11) is 0. The molecule has 0 radical (unpaired) electrons. The van der Waals surface area contributed by atoms with Crippen LogP contribution in [0.2, 0.25) is 0 Å². The molecule has 2 nitrogen and oxygen atoms in total. The molecule has 4 bridgehead atoms. The smallest absolute Gasteiger partial charge is 0.307 e. The third-order valence-corrected chi connectivity index (χ3v) is 5.29. The number of aliphatic carboxylic acids is 1. The molecule has 0 aromatic heterocycles. The van der Waals surface area contributed by atoms with E-state index in [1.54, 1.807) is 0 Å². The SMILES string of the molecule is O=C(O)C/C=C/CC1C2CC3CC(C2)CC1C3. The first kappa shape index (κ1) is 11.3. The van der Waals surface area contributed by atoms with Gasteiger partial charge in [-0.1, -0.05) is 12.2 Å². The van der Waals surface area contributed by atoms with E-state index in [-0.39, 0.29) is 6.42 Å². The molecular formula is C15H22O2. The van der Waals surface area contributed by atoms with E-state index in [0.717, 1.165) is 36.0 Å². The molecule has 0 amide bonds. The lowest BCUT2D eigenvalue weighted by molar-refractivity contribution is -0.136. The second kappa shape index (κ2) is 4.47. The predicted molar refractivity (Wildman–Crippen MR) is 66.5 cm³/mol. The molecule has 1 N–H and O–H groups in total. The highest BCUT2D eigenvalue weighted by Gasteiger charge is 2.47. The first-order chi connectivity index (χ1) is 8.22.